The molecule has 0 bridgehead atoms. The molecule has 26 heavy (non-hydrogen) atoms. The van der Waals surface area contributed by atoms with Crippen LogP contribution >= 0.6 is 11.3 Å². The van der Waals surface area contributed by atoms with Crippen LogP contribution in [0.1, 0.15) is 60.5 Å². The quantitative estimate of drug-likeness (QED) is 0.735. The molecule has 0 amide bonds. The summed E-state index contributed by atoms with van der Waals surface area (Å²) in [6, 6.07) is 8.23. The zero-order chi connectivity index (χ0) is 18.9. The Hall–Kier alpha value is -1.65. The van der Waals surface area contributed by atoms with E-state index in [9.17, 15) is 4.79 Å². The summed E-state index contributed by atoms with van der Waals surface area (Å²) >= 11 is 1.76. The lowest BCUT2D eigenvalue weighted by atomic mass is 9.76. The van der Waals surface area contributed by atoms with Crippen LogP contribution in [-0.4, -0.2) is 12.6 Å². The maximum Gasteiger partial charge on any atom is 0.339 e. The van der Waals surface area contributed by atoms with Crippen LogP contribution in [0.15, 0.2) is 24.3 Å². The number of carbonyl (C=O) groups excluding carboxylic acids is 1. The molecule has 2 N–H and O–H groups in total. The predicted molar refractivity (Wildman–Crippen MR) is 109 cm³/mol. The van der Waals surface area contributed by atoms with Gasteiger partial charge in [-0.25, -0.2) is 4.79 Å². The van der Waals surface area contributed by atoms with Crippen LogP contribution < -0.4 is 5.73 Å². The third kappa shape index (κ3) is 4.02. The molecule has 0 aliphatic heterocycles. The van der Waals surface area contributed by atoms with Crippen molar-refractivity contribution in [1.29, 1.82) is 0 Å². The van der Waals surface area contributed by atoms with Crippen LogP contribution in [0.25, 0.3) is 10.4 Å². The minimum Gasteiger partial charge on any atom is -0.462 e. The standard InChI is InChI=1S/C22H29NO2S/c1-14(2)13-25-21(24)19-17-11-22(3,4)10-9-18(17)26-20(19)16-7-5-15(12-23)6-8-16/h5-8,14H,9-13,23H2,1-4H3. The van der Waals surface area contributed by atoms with Crippen LogP contribution in [0.4, 0.5) is 0 Å². The van der Waals surface area contributed by atoms with Crippen LogP contribution in [0.3, 0.4) is 0 Å². The minimum atomic E-state index is -0.174. The fourth-order valence-electron chi connectivity index (χ4n) is 3.45. The first-order chi connectivity index (χ1) is 12.3. The molecule has 0 atom stereocenters. The first-order valence-electron chi connectivity index (χ1n) is 9.42. The number of rotatable bonds is 5. The second-order valence-corrected chi connectivity index (χ2v) is 9.55. The van der Waals surface area contributed by atoms with E-state index in [0.29, 0.717) is 19.1 Å². The van der Waals surface area contributed by atoms with Gasteiger partial charge in [0.2, 0.25) is 0 Å². The lowest BCUT2D eigenvalue weighted by Crippen LogP contribution is -2.23. The molecule has 140 valence electrons. The highest BCUT2D eigenvalue weighted by Gasteiger charge is 2.33. The summed E-state index contributed by atoms with van der Waals surface area (Å²) in [4.78, 5) is 15.4. The van der Waals surface area contributed by atoms with Gasteiger partial charge in [-0.1, -0.05) is 52.0 Å². The molecule has 0 radical (unpaired) electrons. The Morgan fingerprint density at radius 2 is 1.96 bits per heavy atom. The van der Waals surface area contributed by atoms with Gasteiger partial charge in [-0.15, -0.1) is 11.3 Å². The molecule has 3 rings (SSSR count). The molecule has 4 heteroatoms. The van der Waals surface area contributed by atoms with Crippen molar-refractivity contribution in [3.63, 3.8) is 0 Å². The maximum absolute atomic E-state index is 13.0. The number of fused-ring (bicyclic) bond motifs is 1. The highest BCUT2D eigenvalue weighted by Crippen LogP contribution is 2.45. The van der Waals surface area contributed by atoms with Crippen molar-refractivity contribution in [2.75, 3.05) is 6.61 Å². The highest BCUT2D eigenvalue weighted by molar-refractivity contribution is 7.16. The second-order valence-electron chi connectivity index (χ2n) is 8.44. The molecular weight excluding hydrogens is 342 g/mol. The van der Waals surface area contributed by atoms with E-state index in [0.717, 1.165) is 40.8 Å². The number of thiophene rings is 1. The molecule has 3 nitrogen and oxygen atoms in total. The first kappa shape index (κ1) is 19.1. The van der Waals surface area contributed by atoms with Gasteiger partial charge in [0.25, 0.3) is 0 Å². The highest BCUT2D eigenvalue weighted by atomic mass is 32.1. The molecule has 2 aromatic rings. The van der Waals surface area contributed by atoms with Crippen LogP contribution in [-0.2, 0) is 24.1 Å². The van der Waals surface area contributed by atoms with Gasteiger partial charge in [-0.2, -0.15) is 0 Å². The molecule has 0 unspecified atom stereocenters. The fourth-order valence-corrected chi connectivity index (χ4v) is 4.76. The number of hydrogen-bond acceptors (Lipinski definition) is 4. The minimum absolute atomic E-state index is 0.174. The van der Waals surface area contributed by atoms with Gasteiger partial charge >= 0.3 is 5.97 Å². The Morgan fingerprint density at radius 3 is 2.58 bits per heavy atom. The third-order valence-corrected chi connectivity index (χ3v) is 6.32. The van der Waals surface area contributed by atoms with Crippen molar-refractivity contribution in [2.24, 2.45) is 17.1 Å². The lowest BCUT2D eigenvalue weighted by molar-refractivity contribution is 0.0458. The number of carbonyl (C=O) groups is 1. The molecule has 0 spiro atoms. The van der Waals surface area contributed by atoms with E-state index >= 15 is 0 Å². The van der Waals surface area contributed by atoms with Crippen molar-refractivity contribution in [3.05, 3.63) is 45.8 Å². The van der Waals surface area contributed by atoms with Crippen LogP contribution in [0.5, 0.6) is 0 Å². The first-order valence-corrected chi connectivity index (χ1v) is 10.2. The van der Waals surface area contributed by atoms with E-state index in [-0.39, 0.29) is 11.4 Å². The summed E-state index contributed by atoms with van der Waals surface area (Å²) in [7, 11) is 0. The molecule has 1 aromatic heterocycles. The average molecular weight is 372 g/mol. The number of ether oxygens (including phenoxy) is 1. The average Bonchev–Trinajstić information content (AvgIpc) is 2.97. The smallest absolute Gasteiger partial charge is 0.339 e. The van der Waals surface area contributed by atoms with Crippen molar-refractivity contribution in [2.45, 2.75) is 53.5 Å². The van der Waals surface area contributed by atoms with Gasteiger partial charge in [0, 0.05) is 16.3 Å². The number of benzene rings is 1. The largest absolute Gasteiger partial charge is 0.462 e. The summed E-state index contributed by atoms with van der Waals surface area (Å²) in [5.41, 5.74) is 10.1. The number of nitrogens with two attached hydrogens (primary N) is 1. The van der Waals surface area contributed by atoms with Crippen LogP contribution in [0, 0.1) is 11.3 Å². The zero-order valence-corrected chi connectivity index (χ0v) is 17.0. The molecule has 0 saturated heterocycles. The molecule has 1 aliphatic carbocycles. The topological polar surface area (TPSA) is 52.3 Å². The summed E-state index contributed by atoms with van der Waals surface area (Å²) in [5, 5.41) is 0. The SMILES string of the molecule is CC(C)COC(=O)c1c(-c2ccc(CN)cc2)sc2c1CC(C)(C)CC2. The molecule has 1 heterocycles. The summed E-state index contributed by atoms with van der Waals surface area (Å²) in [6.07, 6.45) is 3.14. The van der Waals surface area contributed by atoms with E-state index in [4.69, 9.17) is 10.5 Å². The normalized spacial score (nSPS) is 15.8. The molecular formula is C22H29NO2S. The Kier molecular flexibility index (Phi) is 5.54. The van der Waals surface area contributed by atoms with Crippen molar-refractivity contribution in [3.8, 4) is 10.4 Å². The summed E-state index contributed by atoms with van der Waals surface area (Å²) in [5.74, 6) is 0.156. The zero-order valence-electron chi connectivity index (χ0n) is 16.2. The number of hydrogen-bond donors (Lipinski definition) is 1. The predicted octanol–water partition coefficient (Wildman–Crippen LogP) is 5.20. The van der Waals surface area contributed by atoms with Crippen molar-refractivity contribution >= 4 is 17.3 Å². The van der Waals surface area contributed by atoms with E-state index in [2.05, 4.69) is 39.8 Å². The molecule has 1 aromatic carbocycles. The Labute approximate surface area is 160 Å². The monoisotopic (exact) mass is 371 g/mol. The number of aryl methyl sites for hydroxylation is 1. The summed E-state index contributed by atoms with van der Waals surface area (Å²) < 4.78 is 5.64. The molecule has 1 aliphatic rings. The van der Waals surface area contributed by atoms with E-state index < -0.39 is 0 Å². The van der Waals surface area contributed by atoms with E-state index in [1.54, 1.807) is 11.3 Å². The van der Waals surface area contributed by atoms with Gasteiger partial charge in [0.15, 0.2) is 0 Å². The fraction of sp³-hybridized carbons (Fsp3) is 0.500. The third-order valence-electron chi connectivity index (χ3n) is 4.98. The number of esters is 1. The second kappa shape index (κ2) is 7.53. The lowest BCUT2D eigenvalue weighted by Gasteiger charge is -2.29. The van der Waals surface area contributed by atoms with E-state index in [1.165, 1.54) is 10.4 Å². The maximum atomic E-state index is 13.0. The summed E-state index contributed by atoms with van der Waals surface area (Å²) in [6.45, 7) is 9.67. The van der Waals surface area contributed by atoms with Gasteiger partial charge in [-0.3, -0.25) is 0 Å². The van der Waals surface area contributed by atoms with Gasteiger partial charge in [-0.05, 0) is 47.3 Å². The van der Waals surface area contributed by atoms with Gasteiger partial charge in [0.05, 0.1) is 12.2 Å². The van der Waals surface area contributed by atoms with E-state index in [1.807, 2.05) is 12.1 Å². The Balaban J connectivity index is 2.05. The van der Waals surface area contributed by atoms with Gasteiger partial charge < -0.3 is 10.5 Å². The Morgan fingerprint density at radius 1 is 1.27 bits per heavy atom. The van der Waals surface area contributed by atoms with Crippen LogP contribution in [0.2, 0.25) is 0 Å². The van der Waals surface area contributed by atoms with Crippen molar-refractivity contribution in [1.82, 2.24) is 0 Å². The van der Waals surface area contributed by atoms with Crippen molar-refractivity contribution < 1.29 is 9.53 Å². The Bertz CT molecular complexity index is 787. The van der Waals surface area contributed by atoms with Gasteiger partial charge in [0.1, 0.15) is 0 Å². The molecule has 0 fully saturated rings. The molecule has 0 saturated carbocycles.